The van der Waals surface area contributed by atoms with Gasteiger partial charge in [0, 0.05) is 42.0 Å². The lowest BCUT2D eigenvalue weighted by Gasteiger charge is -2.34. The molecule has 4 rings (SSSR count). The molecule has 0 aromatic carbocycles. The first-order valence-corrected chi connectivity index (χ1v) is 10.9. The van der Waals surface area contributed by atoms with Crippen LogP contribution in [0.1, 0.15) is 67.3 Å². The van der Waals surface area contributed by atoms with Gasteiger partial charge in [0.15, 0.2) is 11.4 Å². The van der Waals surface area contributed by atoms with Gasteiger partial charge in [-0.05, 0) is 73.3 Å². The van der Waals surface area contributed by atoms with Crippen molar-refractivity contribution >= 4 is 16.8 Å². The number of rotatable bonds is 7. The van der Waals surface area contributed by atoms with Crippen LogP contribution in [0.5, 0.6) is 5.88 Å². The number of nitrogens with zero attached hydrogens (tertiary/aromatic N) is 3. The molecule has 156 valence electrons. The second-order valence-electron chi connectivity index (χ2n) is 8.27. The van der Waals surface area contributed by atoms with E-state index in [2.05, 4.69) is 34.0 Å². The third-order valence-corrected chi connectivity index (χ3v) is 6.67. The molecule has 0 radical (unpaired) electrons. The summed E-state index contributed by atoms with van der Waals surface area (Å²) >= 11 is 0. The van der Waals surface area contributed by atoms with Crippen LogP contribution in [0.15, 0.2) is 48.9 Å². The number of hydrogen-bond donors (Lipinski definition) is 0. The minimum absolute atomic E-state index is 0.185. The molecule has 1 aliphatic rings. The second kappa shape index (κ2) is 9.33. The minimum Gasteiger partial charge on any atom is -0.481 e. The molecule has 0 spiro atoms. The van der Waals surface area contributed by atoms with E-state index in [0.29, 0.717) is 35.6 Å². The molecular weight excluding hydrogens is 374 g/mol. The van der Waals surface area contributed by atoms with Crippen LogP contribution >= 0.6 is 0 Å². The molecule has 0 aliphatic heterocycles. The van der Waals surface area contributed by atoms with E-state index in [4.69, 9.17) is 4.74 Å². The average Bonchev–Trinajstić information content (AvgIpc) is 2.82. The van der Waals surface area contributed by atoms with E-state index in [-0.39, 0.29) is 5.78 Å². The monoisotopic (exact) mass is 403 g/mol. The third kappa shape index (κ3) is 4.35. The average molecular weight is 404 g/mol. The zero-order chi connectivity index (χ0) is 20.9. The van der Waals surface area contributed by atoms with Gasteiger partial charge in [-0.15, -0.1) is 0 Å². The van der Waals surface area contributed by atoms with Crippen LogP contribution in [0.4, 0.5) is 0 Å². The Balaban J connectivity index is 1.40. The third-order valence-electron chi connectivity index (χ3n) is 6.67. The van der Waals surface area contributed by atoms with Crippen molar-refractivity contribution in [2.24, 2.45) is 11.8 Å². The van der Waals surface area contributed by atoms with E-state index in [1.54, 1.807) is 25.6 Å². The summed E-state index contributed by atoms with van der Waals surface area (Å²) in [6, 6.07) is 9.86. The molecule has 1 saturated carbocycles. The van der Waals surface area contributed by atoms with Crippen molar-refractivity contribution in [2.75, 3.05) is 7.11 Å². The quantitative estimate of drug-likeness (QED) is 0.480. The van der Waals surface area contributed by atoms with E-state index >= 15 is 0 Å². The highest BCUT2D eigenvalue weighted by Gasteiger charge is 2.29. The summed E-state index contributed by atoms with van der Waals surface area (Å²) < 4.78 is 5.09. The maximum atomic E-state index is 12.8. The number of carbonyl (C=O) groups is 1. The van der Waals surface area contributed by atoms with Gasteiger partial charge in [0.05, 0.1) is 7.11 Å². The SMILES string of the molecule is CC[C@@H](CC(=O)c1ccc(OC)nc1)C1CCC(c2ccnc3ncccc23)CC1. The molecule has 3 aromatic heterocycles. The molecule has 0 unspecified atom stereocenters. The Kier molecular flexibility index (Phi) is 6.36. The molecular formula is C25H29N3O2. The predicted octanol–water partition coefficient (Wildman–Crippen LogP) is 5.61. The molecule has 0 amide bonds. The number of fused-ring (bicyclic) bond motifs is 1. The van der Waals surface area contributed by atoms with E-state index < -0.39 is 0 Å². The number of ketones is 1. The van der Waals surface area contributed by atoms with Crippen molar-refractivity contribution < 1.29 is 9.53 Å². The van der Waals surface area contributed by atoms with Crippen LogP contribution in [-0.4, -0.2) is 27.8 Å². The van der Waals surface area contributed by atoms with Crippen LogP contribution < -0.4 is 4.74 Å². The summed E-state index contributed by atoms with van der Waals surface area (Å²) in [5.41, 5.74) is 2.89. The van der Waals surface area contributed by atoms with Crippen LogP contribution in [0, 0.1) is 11.8 Å². The number of Topliss-reactive ketones (excluding diaryl/α,β-unsaturated/α-hetero) is 1. The molecule has 0 bridgehead atoms. The Morgan fingerprint density at radius 2 is 1.87 bits per heavy atom. The van der Waals surface area contributed by atoms with E-state index in [1.807, 2.05) is 18.3 Å². The van der Waals surface area contributed by atoms with Gasteiger partial charge >= 0.3 is 0 Å². The number of aromatic nitrogens is 3. The maximum absolute atomic E-state index is 12.8. The van der Waals surface area contributed by atoms with Gasteiger partial charge < -0.3 is 4.74 Å². The van der Waals surface area contributed by atoms with Crippen molar-refractivity contribution in [2.45, 2.75) is 51.4 Å². The zero-order valence-electron chi connectivity index (χ0n) is 17.8. The molecule has 3 heterocycles. The van der Waals surface area contributed by atoms with E-state index in [0.717, 1.165) is 24.9 Å². The Labute approximate surface area is 177 Å². The first kappa shape index (κ1) is 20.5. The molecule has 3 aromatic rings. The zero-order valence-corrected chi connectivity index (χ0v) is 17.8. The standard InChI is InChI=1S/C25H29N3O2/c1-3-17(15-23(29)20-10-11-24(30-2)28-16-20)18-6-8-19(9-7-18)21-12-14-27-25-22(21)5-4-13-26-25/h4-5,10-14,16-19H,3,6-9,15H2,1-2H3/t17-,18?,19?/m0/s1. The van der Waals surface area contributed by atoms with Crippen molar-refractivity contribution in [3.8, 4) is 5.88 Å². The van der Waals surface area contributed by atoms with Gasteiger partial charge in [-0.3, -0.25) is 4.79 Å². The molecule has 0 saturated heterocycles. The Morgan fingerprint density at radius 3 is 2.57 bits per heavy atom. The van der Waals surface area contributed by atoms with Gasteiger partial charge in [0.25, 0.3) is 0 Å². The highest BCUT2D eigenvalue weighted by Crippen LogP contribution is 2.42. The fraction of sp³-hybridized carbons (Fsp3) is 0.440. The van der Waals surface area contributed by atoms with Crippen LogP contribution in [0.3, 0.4) is 0 Å². The second-order valence-corrected chi connectivity index (χ2v) is 8.27. The van der Waals surface area contributed by atoms with Gasteiger partial charge in [0.1, 0.15) is 0 Å². The lowest BCUT2D eigenvalue weighted by molar-refractivity contribution is 0.0925. The summed E-state index contributed by atoms with van der Waals surface area (Å²) in [7, 11) is 1.58. The lowest BCUT2D eigenvalue weighted by Crippen LogP contribution is -2.23. The Morgan fingerprint density at radius 1 is 1.07 bits per heavy atom. The maximum Gasteiger partial charge on any atom is 0.212 e. The topological polar surface area (TPSA) is 65.0 Å². The van der Waals surface area contributed by atoms with Gasteiger partial charge in [-0.2, -0.15) is 0 Å². The number of methoxy groups -OCH3 is 1. The first-order chi connectivity index (χ1) is 14.7. The highest BCUT2D eigenvalue weighted by molar-refractivity contribution is 5.96. The minimum atomic E-state index is 0.185. The van der Waals surface area contributed by atoms with Crippen molar-refractivity contribution in [1.82, 2.24) is 15.0 Å². The number of carbonyl (C=O) groups excluding carboxylic acids is 1. The van der Waals surface area contributed by atoms with Gasteiger partial charge in [-0.1, -0.05) is 13.3 Å². The molecule has 30 heavy (non-hydrogen) atoms. The number of ether oxygens (including phenoxy) is 1. The van der Waals surface area contributed by atoms with Crippen LogP contribution in [0.2, 0.25) is 0 Å². The molecule has 1 atom stereocenters. The van der Waals surface area contributed by atoms with Gasteiger partial charge in [-0.25, -0.2) is 15.0 Å². The summed E-state index contributed by atoms with van der Waals surface area (Å²) in [6.07, 6.45) is 11.6. The lowest BCUT2D eigenvalue weighted by atomic mass is 9.71. The summed E-state index contributed by atoms with van der Waals surface area (Å²) in [4.78, 5) is 25.8. The van der Waals surface area contributed by atoms with E-state index in [1.165, 1.54) is 23.8 Å². The van der Waals surface area contributed by atoms with Gasteiger partial charge in [0.2, 0.25) is 5.88 Å². The summed E-state index contributed by atoms with van der Waals surface area (Å²) in [6.45, 7) is 2.21. The van der Waals surface area contributed by atoms with Crippen LogP contribution in [0.25, 0.3) is 11.0 Å². The van der Waals surface area contributed by atoms with Crippen molar-refractivity contribution in [3.05, 3.63) is 60.0 Å². The van der Waals surface area contributed by atoms with E-state index in [9.17, 15) is 4.79 Å². The van der Waals surface area contributed by atoms with Crippen molar-refractivity contribution in [1.29, 1.82) is 0 Å². The molecule has 1 aliphatic carbocycles. The molecule has 0 N–H and O–H groups in total. The summed E-state index contributed by atoms with van der Waals surface area (Å²) in [5, 5.41) is 1.18. The normalized spacial score (nSPS) is 20.1. The fourth-order valence-corrected chi connectivity index (χ4v) is 4.93. The highest BCUT2D eigenvalue weighted by atomic mass is 16.5. The molecule has 1 fully saturated rings. The molecule has 5 nitrogen and oxygen atoms in total. The number of pyridine rings is 3. The molecule has 5 heteroatoms. The van der Waals surface area contributed by atoms with Crippen LogP contribution in [-0.2, 0) is 0 Å². The Hall–Kier alpha value is -2.82. The largest absolute Gasteiger partial charge is 0.481 e. The van der Waals surface area contributed by atoms with Crippen molar-refractivity contribution in [3.63, 3.8) is 0 Å². The smallest absolute Gasteiger partial charge is 0.212 e. The Bertz CT molecular complexity index is 989. The predicted molar refractivity (Wildman–Crippen MR) is 118 cm³/mol. The fourth-order valence-electron chi connectivity index (χ4n) is 4.93. The number of hydrogen-bond acceptors (Lipinski definition) is 5. The summed E-state index contributed by atoms with van der Waals surface area (Å²) in [5.74, 6) is 2.31. The first-order valence-electron chi connectivity index (χ1n) is 10.9.